The van der Waals surface area contributed by atoms with Gasteiger partial charge in [0, 0.05) is 5.38 Å². The number of benzene rings is 1. The number of fused-ring (bicyclic) bond motifs is 1. The Morgan fingerprint density at radius 3 is 2.47 bits per heavy atom. The van der Waals surface area contributed by atoms with Gasteiger partial charge < -0.3 is 15.2 Å². The molecule has 0 saturated heterocycles. The van der Waals surface area contributed by atoms with Crippen molar-refractivity contribution in [3.8, 4) is 22.6 Å². The molecule has 0 fully saturated rings. The van der Waals surface area contributed by atoms with Crippen molar-refractivity contribution in [3.05, 3.63) is 29.1 Å². The van der Waals surface area contributed by atoms with E-state index in [1.54, 1.807) is 11.3 Å². The van der Waals surface area contributed by atoms with Crippen LogP contribution in [0.25, 0.3) is 11.1 Å². The second-order valence-corrected chi connectivity index (χ2v) is 4.99. The Labute approximate surface area is 104 Å². The topological polar surface area (TPSA) is 44.5 Å². The third kappa shape index (κ3) is 1.85. The summed E-state index contributed by atoms with van der Waals surface area (Å²) in [6, 6.07) is 6.05. The number of thiophene rings is 1. The van der Waals surface area contributed by atoms with Crippen molar-refractivity contribution in [2.24, 2.45) is 0 Å². The van der Waals surface area contributed by atoms with E-state index in [2.05, 4.69) is 12.3 Å². The molecule has 0 amide bonds. The summed E-state index contributed by atoms with van der Waals surface area (Å²) < 4.78 is 11.1. The highest BCUT2D eigenvalue weighted by atomic mass is 32.1. The summed E-state index contributed by atoms with van der Waals surface area (Å²) in [6.45, 7) is 3.31. The summed E-state index contributed by atoms with van der Waals surface area (Å²) in [5, 5.41) is 2.89. The molecule has 0 unspecified atom stereocenters. The van der Waals surface area contributed by atoms with Gasteiger partial charge in [0.1, 0.15) is 13.2 Å². The molecule has 0 spiro atoms. The quantitative estimate of drug-likeness (QED) is 0.842. The Bertz CT molecular complexity index is 563. The number of aryl methyl sites for hydroxylation is 1. The molecule has 0 bridgehead atoms. The summed E-state index contributed by atoms with van der Waals surface area (Å²) >= 11 is 1.55. The van der Waals surface area contributed by atoms with E-state index >= 15 is 0 Å². The van der Waals surface area contributed by atoms with Crippen LogP contribution in [0.2, 0.25) is 0 Å². The van der Waals surface area contributed by atoms with Crippen LogP contribution < -0.4 is 15.2 Å². The van der Waals surface area contributed by atoms with Crippen molar-refractivity contribution in [2.75, 3.05) is 18.9 Å². The lowest BCUT2D eigenvalue weighted by molar-refractivity contribution is 0.171. The Balaban J connectivity index is 2.11. The van der Waals surface area contributed by atoms with E-state index < -0.39 is 0 Å². The summed E-state index contributed by atoms with van der Waals surface area (Å²) in [5.74, 6) is 1.65. The van der Waals surface area contributed by atoms with E-state index in [-0.39, 0.29) is 0 Å². The summed E-state index contributed by atoms with van der Waals surface area (Å²) in [6.07, 6.45) is 0. The number of rotatable bonds is 1. The molecule has 88 valence electrons. The molecule has 1 aliphatic rings. The van der Waals surface area contributed by atoms with Gasteiger partial charge in [-0.25, -0.2) is 0 Å². The summed E-state index contributed by atoms with van der Waals surface area (Å²) in [7, 11) is 0. The molecule has 1 aromatic carbocycles. The number of nitrogen functional groups attached to an aromatic ring is 1. The van der Waals surface area contributed by atoms with E-state index in [9.17, 15) is 0 Å². The monoisotopic (exact) mass is 247 g/mol. The summed E-state index contributed by atoms with van der Waals surface area (Å²) in [5.41, 5.74) is 9.24. The maximum absolute atomic E-state index is 5.77. The largest absolute Gasteiger partial charge is 0.486 e. The van der Waals surface area contributed by atoms with Gasteiger partial charge >= 0.3 is 0 Å². The van der Waals surface area contributed by atoms with Crippen LogP contribution in [0.4, 0.5) is 5.00 Å². The first-order chi connectivity index (χ1) is 8.24. The Morgan fingerprint density at radius 1 is 1.12 bits per heavy atom. The van der Waals surface area contributed by atoms with Crippen LogP contribution in [0.15, 0.2) is 23.6 Å². The van der Waals surface area contributed by atoms with Crippen molar-refractivity contribution >= 4 is 16.3 Å². The number of ether oxygens (including phenoxy) is 2. The lowest BCUT2D eigenvalue weighted by atomic mass is 10.0. The van der Waals surface area contributed by atoms with Crippen LogP contribution >= 0.6 is 11.3 Å². The van der Waals surface area contributed by atoms with Crippen molar-refractivity contribution in [1.82, 2.24) is 0 Å². The molecule has 3 rings (SSSR count). The van der Waals surface area contributed by atoms with E-state index in [0.717, 1.165) is 27.6 Å². The van der Waals surface area contributed by atoms with Crippen LogP contribution in [0.5, 0.6) is 11.5 Å². The molecule has 1 aromatic heterocycles. The molecule has 2 N–H and O–H groups in total. The van der Waals surface area contributed by atoms with Crippen molar-refractivity contribution in [2.45, 2.75) is 6.92 Å². The van der Waals surface area contributed by atoms with Gasteiger partial charge in [0.25, 0.3) is 0 Å². The van der Waals surface area contributed by atoms with Crippen LogP contribution in [-0.2, 0) is 0 Å². The first-order valence-corrected chi connectivity index (χ1v) is 6.36. The predicted octanol–water partition coefficient (Wildman–Crippen LogP) is 3.08. The lowest BCUT2D eigenvalue weighted by Crippen LogP contribution is -2.15. The van der Waals surface area contributed by atoms with Gasteiger partial charge in [-0.05, 0) is 41.8 Å². The fraction of sp³-hybridized carbons (Fsp3) is 0.231. The first-order valence-electron chi connectivity index (χ1n) is 5.48. The number of hydrogen-bond donors (Lipinski definition) is 1. The van der Waals surface area contributed by atoms with E-state index in [1.807, 2.05) is 18.2 Å². The van der Waals surface area contributed by atoms with Gasteiger partial charge in [0.2, 0.25) is 0 Å². The maximum atomic E-state index is 5.77. The molecule has 17 heavy (non-hydrogen) atoms. The molecule has 4 heteroatoms. The van der Waals surface area contributed by atoms with Gasteiger partial charge in [-0.2, -0.15) is 0 Å². The zero-order valence-corrected chi connectivity index (χ0v) is 10.3. The van der Waals surface area contributed by atoms with Crippen LogP contribution in [0.3, 0.4) is 0 Å². The van der Waals surface area contributed by atoms with Crippen LogP contribution in [0.1, 0.15) is 5.56 Å². The minimum absolute atomic E-state index is 0.612. The third-order valence-corrected chi connectivity index (χ3v) is 3.58. The van der Waals surface area contributed by atoms with Gasteiger partial charge in [-0.3, -0.25) is 0 Å². The van der Waals surface area contributed by atoms with Gasteiger partial charge in [-0.1, -0.05) is 0 Å². The van der Waals surface area contributed by atoms with Crippen molar-refractivity contribution < 1.29 is 9.47 Å². The highest BCUT2D eigenvalue weighted by molar-refractivity contribution is 7.14. The minimum atomic E-state index is 0.612. The Kier molecular flexibility index (Phi) is 2.44. The van der Waals surface area contributed by atoms with E-state index in [1.165, 1.54) is 5.56 Å². The SMILES string of the molecule is Cc1cc2c(cc1-c1csc(N)c1)OCCO2. The molecule has 1 aliphatic heterocycles. The number of anilines is 1. The molecule has 0 atom stereocenters. The number of nitrogens with two attached hydrogens (primary N) is 1. The lowest BCUT2D eigenvalue weighted by Gasteiger charge is -2.20. The Hall–Kier alpha value is -1.68. The van der Waals surface area contributed by atoms with Crippen molar-refractivity contribution in [1.29, 1.82) is 0 Å². The zero-order valence-electron chi connectivity index (χ0n) is 9.53. The molecule has 0 saturated carbocycles. The van der Waals surface area contributed by atoms with Gasteiger partial charge in [-0.15, -0.1) is 11.3 Å². The highest BCUT2D eigenvalue weighted by Crippen LogP contribution is 2.38. The highest BCUT2D eigenvalue weighted by Gasteiger charge is 2.15. The van der Waals surface area contributed by atoms with Crippen molar-refractivity contribution in [3.63, 3.8) is 0 Å². The first kappa shape index (κ1) is 10.5. The van der Waals surface area contributed by atoms with E-state index in [0.29, 0.717) is 13.2 Å². The molecule has 0 radical (unpaired) electrons. The standard InChI is InChI=1S/C13H13NO2S/c1-8-4-11-12(16-3-2-15-11)6-10(8)9-5-13(14)17-7-9/h4-7H,2-3,14H2,1H3. The normalized spacial score (nSPS) is 13.7. The fourth-order valence-electron chi connectivity index (χ4n) is 2.00. The molecule has 0 aliphatic carbocycles. The molecule has 2 heterocycles. The molecular formula is C13H13NO2S. The smallest absolute Gasteiger partial charge is 0.161 e. The molecular weight excluding hydrogens is 234 g/mol. The average molecular weight is 247 g/mol. The Morgan fingerprint density at radius 2 is 1.82 bits per heavy atom. The van der Waals surface area contributed by atoms with Crippen LogP contribution in [0, 0.1) is 6.92 Å². The zero-order chi connectivity index (χ0) is 11.8. The predicted molar refractivity (Wildman–Crippen MR) is 69.9 cm³/mol. The second-order valence-electron chi connectivity index (χ2n) is 4.05. The molecule has 2 aromatic rings. The molecule has 3 nitrogen and oxygen atoms in total. The van der Waals surface area contributed by atoms with Crippen LogP contribution in [-0.4, -0.2) is 13.2 Å². The van der Waals surface area contributed by atoms with Gasteiger partial charge in [0.05, 0.1) is 5.00 Å². The maximum Gasteiger partial charge on any atom is 0.161 e. The fourth-order valence-corrected chi connectivity index (χ4v) is 2.65. The second kappa shape index (κ2) is 3.96. The minimum Gasteiger partial charge on any atom is -0.486 e. The van der Waals surface area contributed by atoms with E-state index in [4.69, 9.17) is 15.2 Å². The number of hydrogen-bond acceptors (Lipinski definition) is 4. The average Bonchev–Trinajstić information content (AvgIpc) is 2.75. The van der Waals surface area contributed by atoms with Gasteiger partial charge in [0.15, 0.2) is 11.5 Å². The third-order valence-electron chi connectivity index (χ3n) is 2.82. The summed E-state index contributed by atoms with van der Waals surface area (Å²) in [4.78, 5) is 0.